The van der Waals surface area contributed by atoms with Gasteiger partial charge in [-0.25, -0.2) is 0 Å². The topological polar surface area (TPSA) is 12.4 Å². The van der Waals surface area contributed by atoms with Gasteiger partial charge in [0.05, 0.1) is 5.70 Å². The van der Waals surface area contributed by atoms with E-state index >= 15 is 0 Å². The minimum atomic E-state index is 0.191. The molecule has 9 aromatic carbocycles. The van der Waals surface area contributed by atoms with Crippen LogP contribution in [0.3, 0.4) is 0 Å². The highest BCUT2D eigenvalue weighted by Crippen LogP contribution is 2.50. The maximum atomic E-state index is 5.06. The molecular formula is C65H55N. The van der Waals surface area contributed by atoms with Crippen molar-refractivity contribution in [3.8, 4) is 55.6 Å². The molecule has 1 unspecified atom stereocenters. The van der Waals surface area contributed by atoms with Gasteiger partial charge in [0.25, 0.3) is 0 Å². The lowest BCUT2D eigenvalue weighted by molar-refractivity contribution is 0.817. The third-order valence-electron chi connectivity index (χ3n) is 13.8. The Labute approximate surface area is 390 Å². The Hall–Kier alpha value is -7.61. The van der Waals surface area contributed by atoms with E-state index in [4.69, 9.17) is 11.6 Å². The van der Waals surface area contributed by atoms with Crippen LogP contribution in [-0.2, 0) is 0 Å². The summed E-state index contributed by atoms with van der Waals surface area (Å²) < 4.78 is 0. The summed E-state index contributed by atoms with van der Waals surface area (Å²) in [4.78, 5) is 5.06. The first-order valence-corrected chi connectivity index (χ1v) is 23.5. The van der Waals surface area contributed by atoms with Crippen molar-refractivity contribution >= 4 is 32.8 Å². The number of benzene rings is 9. The molecule has 0 radical (unpaired) electrons. The van der Waals surface area contributed by atoms with Gasteiger partial charge in [-0.2, -0.15) is 0 Å². The first-order valence-electron chi connectivity index (χ1n) is 23.5. The lowest BCUT2D eigenvalue weighted by Crippen LogP contribution is -2.03. The Balaban J connectivity index is 1.25. The number of nitrogens with zero attached hydrogens (tertiary/aromatic N) is 1. The smallest absolute Gasteiger partial charge is 0.0619 e. The predicted octanol–water partition coefficient (Wildman–Crippen LogP) is 18.3. The number of allylic oxidation sites excluding steroid dienone is 4. The minimum absolute atomic E-state index is 0.191. The molecule has 0 spiro atoms. The zero-order valence-electron chi connectivity index (χ0n) is 38.5. The van der Waals surface area contributed by atoms with Crippen molar-refractivity contribution in [3.63, 3.8) is 0 Å². The van der Waals surface area contributed by atoms with Crippen LogP contribution in [0.4, 0.5) is 0 Å². The van der Waals surface area contributed by atoms with E-state index < -0.39 is 0 Å². The van der Waals surface area contributed by atoms with Crippen molar-refractivity contribution < 1.29 is 0 Å². The second-order valence-corrected chi connectivity index (χ2v) is 17.8. The molecular weight excluding hydrogens is 795 g/mol. The quantitative estimate of drug-likeness (QED) is 0.0908. The molecule has 0 aromatic heterocycles. The summed E-state index contributed by atoms with van der Waals surface area (Å²) in [7, 11) is 0. The van der Waals surface area contributed by atoms with E-state index in [1.54, 1.807) is 0 Å². The number of aliphatic imine (C=N–C) groups is 1. The number of hydrogen-bond acceptors (Lipinski definition) is 1. The number of fused-ring (bicyclic) bond motifs is 2. The standard InChI is InChI=1S/C65H55N/c1-6-53(54-27-15-13-21-43(54)2)45(4)51-37-39-59-61(41-51)64(57-30-18-16-28-55(57)49-23-9-7-10-24-49)60-40-38-52(48-35-33-47(34-36-48)46(5)66-63-32-20-14-22-44(63)3)42-62(60)65(59)58-31-19-17-29-56(58)50-25-11-8-12-26-50/h7-13,15-21,23-42,53H,4,6,14,22H2,1-3,5H3. The van der Waals surface area contributed by atoms with Crippen molar-refractivity contribution in [2.24, 2.45) is 4.99 Å². The number of hydrogen-bond donors (Lipinski definition) is 0. The van der Waals surface area contributed by atoms with Gasteiger partial charge in [-0.3, -0.25) is 4.99 Å². The van der Waals surface area contributed by atoms with Crippen LogP contribution in [0.1, 0.15) is 68.2 Å². The van der Waals surface area contributed by atoms with Crippen LogP contribution >= 0.6 is 0 Å². The molecule has 1 heteroatoms. The maximum absolute atomic E-state index is 5.06. The molecule has 0 N–H and O–H groups in total. The summed E-state index contributed by atoms with van der Waals surface area (Å²) in [5.41, 5.74) is 21.6. The summed E-state index contributed by atoms with van der Waals surface area (Å²) in [6, 6.07) is 71.6. The average molecular weight is 850 g/mol. The Kier molecular flexibility index (Phi) is 11.9. The molecule has 10 rings (SSSR count). The lowest BCUT2D eigenvalue weighted by Gasteiger charge is -2.24. The third kappa shape index (κ3) is 8.07. The molecule has 0 fully saturated rings. The molecule has 66 heavy (non-hydrogen) atoms. The van der Waals surface area contributed by atoms with Gasteiger partial charge in [-0.1, -0.05) is 202 Å². The van der Waals surface area contributed by atoms with Gasteiger partial charge in [-0.15, -0.1) is 0 Å². The van der Waals surface area contributed by atoms with E-state index in [1.807, 2.05) is 0 Å². The highest BCUT2D eigenvalue weighted by molar-refractivity contribution is 6.24. The van der Waals surface area contributed by atoms with Crippen LogP contribution in [0.15, 0.2) is 229 Å². The van der Waals surface area contributed by atoms with Crippen LogP contribution in [0.5, 0.6) is 0 Å². The van der Waals surface area contributed by atoms with E-state index in [0.29, 0.717) is 0 Å². The van der Waals surface area contributed by atoms with Crippen LogP contribution in [0.2, 0.25) is 0 Å². The second-order valence-electron chi connectivity index (χ2n) is 17.8. The Morgan fingerprint density at radius 3 is 1.62 bits per heavy atom. The first kappa shape index (κ1) is 42.3. The molecule has 0 aliphatic heterocycles. The van der Waals surface area contributed by atoms with Crippen LogP contribution in [-0.4, -0.2) is 5.71 Å². The van der Waals surface area contributed by atoms with Crippen molar-refractivity contribution in [2.75, 3.05) is 0 Å². The van der Waals surface area contributed by atoms with Crippen LogP contribution in [0.25, 0.3) is 82.8 Å². The summed E-state index contributed by atoms with van der Waals surface area (Å²) in [6.45, 7) is 13.7. The van der Waals surface area contributed by atoms with Gasteiger partial charge in [0.15, 0.2) is 0 Å². The van der Waals surface area contributed by atoms with Crippen LogP contribution in [0, 0.1) is 6.92 Å². The fourth-order valence-electron chi connectivity index (χ4n) is 10.2. The van der Waals surface area contributed by atoms with Crippen LogP contribution < -0.4 is 0 Å². The first-order chi connectivity index (χ1) is 32.4. The molecule has 1 nitrogen and oxygen atoms in total. The summed E-state index contributed by atoms with van der Waals surface area (Å²) in [5, 5.41) is 4.86. The van der Waals surface area contributed by atoms with Crippen molar-refractivity contribution in [2.45, 2.75) is 52.9 Å². The van der Waals surface area contributed by atoms with Gasteiger partial charge >= 0.3 is 0 Å². The fraction of sp³-hybridized carbons (Fsp3) is 0.123. The van der Waals surface area contributed by atoms with E-state index in [0.717, 1.165) is 41.8 Å². The van der Waals surface area contributed by atoms with E-state index in [-0.39, 0.29) is 5.92 Å². The molecule has 0 bridgehead atoms. The molecule has 0 heterocycles. The van der Waals surface area contributed by atoms with Crippen molar-refractivity contribution in [1.29, 1.82) is 0 Å². The minimum Gasteiger partial charge on any atom is -0.253 e. The fourth-order valence-corrected chi connectivity index (χ4v) is 10.2. The Morgan fingerprint density at radius 1 is 0.515 bits per heavy atom. The number of aryl methyl sites for hydroxylation is 1. The predicted molar refractivity (Wildman–Crippen MR) is 285 cm³/mol. The summed E-state index contributed by atoms with van der Waals surface area (Å²) in [5.74, 6) is 0.191. The molecule has 1 aliphatic carbocycles. The highest BCUT2D eigenvalue weighted by atomic mass is 14.8. The van der Waals surface area contributed by atoms with Gasteiger partial charge in [-0.05, 0) is 169 Å². The van der Waals surface area contributed by atoms with Gasteiger partial charge in [0.2, 0.25) is 0 Å². The molecule has 1 aliphatic rings. The van der Waals surface area contributed by atoms with Gasteiger partial charge in [0, 0.05) is 11.6 Å². The molecule has 0 amide bonds. The SMILES string of the molecule is C=C(c1ccc2c(-c3ccccc3-c3ccccc3)c3cc(-c4ccc(C(C)=NC5=C(C)CCC=C5)cc4)ccc3c(-c3ccccc3-c3ccccc3)c2c1)C(CC)c1ccccc1C. The molecule has 320 valence electrons. The molecule has 0 saturated carbocycles. The second kappa shape index (κ2) is 18.5. The third-order valence-corrected chi connectivity index (χ3v) is 13.8. The monoisotopic (exact) mass is 849 g/mol. The zero-order valence-corrected chi connectivity index (χ0v) is 38.5. The van der Waals surface area contributed by atoms with Gasteiger partial charge in [0.1, 0.15) is 0 Å². The summed E-state index contributed by atoms with van der Waals surface area (Å²) >= 11 is 0. The van der Waals surface area contributed by atoms with E-state index in [2.05, 4.69) is 234 Å². The Morgan fingerprint density at radius 2 is 1.03 bits per heavy atom. The van der Waals surface area contributed by atoms with Gasteiger partial charge < -0.3 is 0 Å². The Bertz CT molecular complexity index is 3360. The zero-order chi connectivity index (χ0) is 45.1. The average Bonchev–Trinajstić information content (AvgIpc) is 3.37. The largest absolute Gasteiger partial charge is 0.253 e. The number of rotatable bonds is 11. The molecule has 1 atom stereocenters. The maximum Gasteiger partial charge on any atom is 0.0619 e. The van der Waals surface area contributed by atoms with Crippen molar-refractivity contribution in [1.82, 2.24) is 0 Å². The van der Waals surface area contributed by atoms with E-state index in [9.17, 15) is 0 Å². The highest BCUT2D eigenvalue weighted by Gasteiger charge is 2.24. The molecule has 0 saturated heterocycles. The normalized spacial score (nSPS) is 13.4. The summed E-state index contributed by atoms with van der Waals surface area (Å²) in [6.07, 6.45) is 7.52. The van der Waals surface area contributed by atoms with Crippen molar-refractivity contribution in [3.05, 3.63) is 246 Å². The lowest BCUT2D eigenvalue weighted by atomic mass is 9.79. The molecule has 9 aromatic rings. The van der Waals surface area contributed by atoms with E-state index in [1.165, 1.54) is 99.4 Å².